The minimum atomic E-state index is 0.174. The number of aliphatic imine (C=N–C) groups is 1. The van der Waals surface area contributed by atoms with Gasteiger partial charge in [0.15, 0.2) is 5.96 Å². The van der Waals surface area contributed by atoms with Crippen LogP contribution in [0.4, 0.5) is 0 Å². The SMILES string of the molecule is CC(=O)N1CCN(CCN=C(N)N(C)C2CC2)CC1. The first-order chi connectivity index (χ1) is 9.08. The van der Waals surface area contributed by atoms with Crippen molar-refractivity contribution in [1.29, 1.82) is 0 Å². The summed E-state index contributed by atoms with van der Waals surface area (Å²) in [6, 6.07) is 0.614. The number of guanidine groups is 1. The highest BCUT2D eigenvalue weighted by atomic mass is 16.2. The van der Waals surface area contributed by atoms with E-state index < -0.39 is 0 Å². The van der Waals surface area contributed by atoms with Crippen LogP contribution in [0.25, 0.3) is 0 Å². The lowest BCUT2D eigenvalue weighted by molar-refractivity contribution is -0.130. The Balaban J connectivity index is 1.66. The van der Waals surface area contributed by atoms with Crippen LogP contribution in [-0.2, 0) is 4.79 Å². The molecule has 1 aliphatic heterocycles. The Bertz CT molecular complexity index is 345. The van der Waals surface area contributed by atoms with E-state index in [4.69, 9.17) is 5.73 Å². The third kappa shape index (κ3) is 4.09. The van der Waals surface area contributed by atoms with E-state index in [0.29, 0.717) is 12.0 Å². The van der Waals surface area contributed by atoms with E-state index in [1.807, 2.05) is 11.9 Å². The van der Waals surface area contributed by atoms with Gasteiger partial charge in [-0.1, -0.05) is 0 Å². The third-order valence-electron chi connectivity index (χ3n) is 3.96. The molecule has 1 amide bonds. The summed E-state index contributed by atoms with van der Waals surface area (Å²) in [4.78, 5) is 22.0. The summed E-state index contributed by atoms with van der Waals surface area (Å²) in [6.45, 7) is 6.83. The van der Waals surface area contributed by atoms with Crippen molar-refractivity contribution >= 4 is 11.9 Å². The molecular formula is C13H25N5O. The van der Waals surface area contributed by atoms with E-state index in [0.717, 1.165) is 39.3 Å². The molecule has 0 bridgehead atoms. The maximum atomic E-state index is 11.2. The highest BCUT2D eigenvalue weighted by molar-refractivity contribution is 5.78. The normalized spacial score (nSPS) is 21.6. The zero-order valence-corrected chi connectivity index (χ0v) is 12.0. The van der Waals surface area contributed by atoms with Gasteiger partial charge in [0, 0.05) is 52.7 Å². The number of hydrogen-bond acceptors (Lipinski definition) is 3. The van der Waals surface area contributed by atoms with Crippen molar-refractivity contribution in [2.24, 2.45) is 10.7 Å². The minimum Gasteiger partial charge on any atom is -0.370 e. The van der Waals surface area contributed by atoms with Gasteiger partial charge < -0.3 is 15.5 Å². The maximum absolute atomic E-state index is 11.2. The third-order valence-corrected chi connectivity index (χ3v) is 3.96. The van der Waals surface area contributed by atoms with Crippen molar-refractivity contribution in [3.8, 4) is 0 Å². The van der Waals surface area contributed by atoms with Crippen molar-refractivity contribution in [2.75, 3.05) is 46.3 Å². The molecule has 6 heteroatoms. The number of carbonyl (C=O) groups excluding carboxylic acids is 1. The summed E-state index contributed by atoms with van der Waals surface area (Å²) in [5, 5.41) is 0. The number of carbonyl (C=O) groups is 1. The van der Waals surface area contributed by atoms with Crippen LogP contribution in [0.1, 0.15) is 19.8 Å². The first-order valence-corrected chi connectivity index (χ1v) is 7.08. The molecule has 0 atom stereocenters. The molecule has 2 N–H and O–H groups in total. The number of nitrogens with zero attached hydrogens (tertiary/aromatic N) is 4. The Morgan fingerprint density at radius 1 is 1.32 bits per heavy atom. The molecule has 2 aliphatic rings. The van der Waals surface area contributed by atoms with E-state index in [1.54, 1.807) is 6.92 Å². The highest BCUT2D eigenvalue weighted by Gasteiger charge is 2.27. The molecular weight excluding hydrogens is 242 g/mol. The van der Waals surface area contributed by atoms with Gasteiger partial charge in [-0.15, -0.1) is 0 Å². The van der Waals surface area contributed by atoms with Crippen LogP contribution in [0.15, 0.2) is 4.99 Å². The van der Waals surface area contributed by atoms with Crippen molar-refractivity contribution < 1.29 is 4.79 Å². The summed E-state index contributed by atoms with van der Waals surface area (Å²) in [5.74, 6) is 0.831. The highest BCUT2D eigenvalue weighted by Crippen LogP contribution is 2.24. The van der Waals surface area contributed by atoms with Crippen molar-refractivity contribution in [2.45, 2.75) is 25.8 Å². The molecule has 6 nitrogen and oxygen atoms in total. The Labute approximate surface area is 115 Å². The fraction of sp³-hybridized carbons (Fsp3) is 0.846. The second-order valence-corrected chi connectivity index (χ2v) is 5.43. The van der Waals surface area contributed by atoms with Crippen molar-refractivity contribution in [3.05, 3.63) is 0 Å². The fourth-order valence-corrected chi connectivity index (χ4v) is 2.35. The predicted octanol–water partition coefficient (Wildman–Crippen LogP) is -0.441. The van der Waals surface area contributed by atoms with Crippen LogP contribution in [0.2, 0.25) is 0 Å². The van der Waals surface area contributed by atoms with Gasteiger partial charge in [0.1, 0.15) is 0 Å². The predicted molar refractivity (Wildman–Crippen MR) is 76.0 cm³/mol. The molecule has 2 fully saturated rings. The molecule has 0 radical (unpaired) electrons. The second kappa shape index (κ2) is 6.23. The van der Waals surface area contributed by atoms with Gasteiger partial charge in [-0.25, -0.2) is 0 Å². The Kier molecular flexibility index (Phi) is 4.63. The summed E-state index contributed by atoms with van der Waals surface area (Å²) in [7, 11) is 2.02. The molecule has 0 unspecified atom stereocenters. The van der Waals surface area contributed by atoms with Gasteiger partial charge in [0.2, 0.25) is 5.91 Å². The first kappa shape index (κ1) is 14.1. The average Bonchev–Trinajstić information content (AvgIpc) is 3.22. The van der Waals surface area contributed by atoms with E-state index >= 15 is 0 Å². The average molecular weight is 267 g/mol. The first-order valence-electron chi connectivity index (χ1n) is 7.08. The van der Waals surface area contributed by atoms with Gasteiger partial charge in [-0.2, -0.15) is 0 Å². The fourth-order valence-electron chi connectivity index (χ4n) is 2.35. The van der Waals surface area contributed by atoms with Crippen LogP contribution in [0.5, 0.6) is 0 Å². The monoisotopic (exact) mass is 267 g/mol. The number of amides is 1. The molecule has 1 saturated carbocycles. The molecule has 1 heterocycles. The van der Waals surface area contributed by atoms with Gasteiger partial charge in [0.25, 0.3) is 0 Å². The minimum absolute atomic E-state index is 0.174. The summed E-state index contributed by atoms with van der Waals surface area (Å²) < 4.78 is 0. The lowest BCUT2D eigenvalue weighted by Gasteiger charge is -2.33. The quantitative estimate of drug-likeness (QED) is 0.554. The summed E-state index contributed by atoms with van der Waals surface area (Å²) in [5.41, 5.74) is 5.94. The van der Waals surface area contributed by atoms with Crippen molar-refractivity contribution in [3.63, 3.8) is 0 Å². The van der Waals surface area contributed by atoms with Crippen molar-refractivity contribution in [1.82, 2.24) is 14.7 Å². The van der Waals surface area contributed by atoms with E-state index in [9.17, 15) is 4.79 Å². The molecule has 1 aliphatic carbocycles. The zero-order chi connectivity index (χ0) is 13.8. The summed E-state index contributed by atoms with van der Waals surface area (Å²) >= 11 is 0. The topological polar surface area (TPSA) is 65.2 Å². The number of nitrogens with two attached hydrogens (primary N) is 1. The number of rotatable bonds is 4. The van der Waals surface area contributed by atoms with Gasteiger partial charge in [-0.3, -0.25) is 14.7 Å². The lowest BCUT2D eigenvalue weighted by Crippen LogP contribution is -2.48. The van der Waals surface area contributed by atoms with Crippen LogP contribution >= 0.6 is 0 Å². The Morgan fingerprint density at radius 2 is 1.95 bits per heavy atom. The molecule has 0 spiro atoms. The van der Waals surface area contributed by atoms with Gasteiger partial charge in [-0.05, 0) is 12.8 Å². The molecule has 19 heavy (non-hydrogen) atoms. The molecule has 1 saturated heterocycles. The summed E-state index contributed by atoms with van der Waals surface area (Å²) in [6.07, 6.45) is 2.47. The maximum Gasteiger partial charge on any atom is 0.219 e. The van der Waals surface area contributed by atoms with Crippen LogP contribution in [0.3, 0.4) is 0 Å². The van der Waals surface area contributed by atoms with Crippen LogP contribution < -0.4 is 5.73 Å². The second-order valence-electron chi connectivity index (χ2n) is 5.43. The van der Waals surface area contributed by atoms with E-state index in [-0.39, 0.29) is 5.91 Å². The number of hydrogen-bond donors (Lipinski definition) is 1. The molecule has 108 valence electrons. The zero-order valence-electron chi connectivity index (χ0n) is 12.0. The smallest absolute Gasteiger partial charge is 0.219 e. The Hall–Kier alpha value is -1.30. The van der Waals surface area contributed by atoms with Gasteiger partial charge >= 0.3 is 0 Å². The molecule has 0 aromatic rings. The van der Waals surface area contributed by atoms with E-state index in [1.165, 1.54) is 12.8 Å². The standard InChI is InChI=1S/C13H25N5O/c1-11(19)18-9-7-17(8-10-18)6-5-15-13(14)16(2)12-3-4-12/h12H,3-10H2,1-2H3,(H2,14,15). The lowest BCUT2D eigenvalue weighted by atomic mass is 10.3. The van der Waals surface area contributed by atoms with Gasteiger partial charge in [0.05, 0.1) is 6.54 Å². The Morgan fingerprint density at radius 3 is 2.47 bits per heavy atom. The number of piperazine rings is 1. The van der Waals surface area contributed by atoms with E-state index in [2.05, 4.69) is 14.8 Å². The largest absolute Gasteiger partial charge is 0.370 e. The molecule has 2 rings (SSSR count). The molecule has 0 aromatic carbocycles. The van der Waals surface area contributed by atoms with Crippen LogP contribution in [0, 0.1) is 0 Å². The van der Waals surface area contributed by atoms with Crippen LogP contribution in [-0.4, -0.2) is 78.9 Å². The molecule has 0 aromatic heterocycles.